The van der Waals surface area contributed by atoms with Crippen molar-refractivity contribution in [2.75, 3.05) is 19.6 Å². The average Bonchev–Trinajstić information content (AvgIpc) is 2.83. The van der Waals surface area contributed by atoms with E-state index in [4.69, 9.17) is 0 Å². The third kappa shape index (κ3) is 2.87. The van der Waals surface area contributed by atoms with E-state index < -0.39 is 0 Å². The summed E-state index contributed by atoms with van der Waals surface area (Å²) < 4.78 is 0.828. The summed E-state index contributed by atoms with van der Waals surface area (Å²) in [6, 6.07) is 5.66. The lowest BCUT2D eigenvalue weighted by molar-refractivity contribution is -0.384. The fourth-order valence-electron chi connectivity index (χ4n) is 3.28. The van der Waals surface area contributed by atoms with Crippen LogP contribution in [0.5, 0.6) is 0 Å². The van der Waals surface area contributed by atoms with Crippen molar-refractivity contribution >= 4 is 21.6 Å². The number of likely N-dealkylation sites (tertiary alicyclic amines) is 1. The first-order chi connectivity index (χ1) is 9.63. The van der Waals surface area contributed by atoms with Crippen molar-refractivity contribution in [3.8, 4) is 0 Å². The van der Waals surface area contributed by atoms with Gasteiger partial charge < -0.3 is 5.32 Å². The minimum Gasteiger partial charge on any atom is -0.312 e. The number of hydrogen-bond donors (Lipinski definition) is 1. The molecule has 1 aromatic rings. The molecule has 2 heterocycles. The number of nitrogens with zero attached hydrogens (tertiary/aromatic N) is 2. The summed E-state index contributed by atoms with van der Waals surface area (Å²) in [4.78, 5) is 12.8. The van der Waals surface area contributed by atoms with Crippen molar-refractivity contribution in [2.45, 2.75) is 25.4 Å². The van der Waals surface area contributed by atoms with Crippen LogP contribution < -0.4 is 5.32 Å². The zero-order valence-electron chi connectivity index (χ0n) is 11.2. The van der Waals surface area contributed by atoms with Gasteiger partial charge >= 0.3 is 0 Å². The minimum atomic E-state index is -0.358. The number of hydrogen-bond acceptors (Lipinski definition) is 4. The van der Waals surface area contributed by atoms with E-state index in [0.29, 0.717) is 6.04 Å². The van der Waals surface area contributed by atoms with Crippen LogP contribution in [0.2, 0.25) is 0 Å². The van der Waals surface area contributed by atoms with E-state index in [1.807, 2.05) is 6.07 Å². The Labute approximate surface area is 126 Å². The molecule has 0 spiro atoms. The second-order valence-electron chi connectivity index (χ2n) is 5.69. The molecule has 2 saturated heterocycles. The molecular formula is C14H18BrN3O2. The van der Waals surface area contributed by atoms with E-state index in [1.165, 1.54) is 12.8 Å². The Hall–Kier alpha value is -0.980. The fourth-order valence-corrected chi connectivity index (χ4v) is 3.78. The maximum atomic E-state index is 10.7. The highest BCUT2D eigenvalue weighted by molar-refractivity contribution is 9.10. The van der Waals surface area contributed by atoms with Crippen molar-refractivity contribution in [1.82, 2.24) is 10.2 Å². The molecule has 2 aliphatic heterocycles. The molecule has 0 aromatic heterocycles. The molecule has 20 heavy (non-hydrogen) atoms. The fraction of sp³-hybridized carbons (Fsp3) is 0.571. The van der Waals surface area contributed by atoms with Crippen LogP contribution in [0.3, 0.4) is 0 Å². The lowest BCUT2D eigenvalue weighted by Gasteiger charge is -2.24. The first kappa shape index (κ1) is 14.0. The topological polar surface area (TPSA) is 58.4 Å². The molecule has 0 radical (unpaired) electrons. The van der Waals surface area contributed by atoms with Crippen LogP contribution in [-0.4, -0.2) is 35.5 Å². The molecule has 6 heteroatoms. The van der Waals surface area contributed by atoms with Crippen LogP contribution in [0.1, 0.15) is 18.4 Å². The SMILES string of the molecule is O=[N+]([O-])c1ccc(CN2C[C@@H]3CCCN[C@@H]3C2)c(Br)c1. The standard InChI is InChI=1S/C14H18BrN3O2/c15-13-6-12(18(19)20)4-3-10(13)7-17-8-11-2-1-5-16-14(11)9-17/h3-4,6,11,14,16H,1-2,5,7-9H2/t11-,14+/m0/s1. The Bertz CT molecular complexity index is 509. The van der Waals surface area contributed by atoms with E-state index in [2.05, 4.69) is 26.1 Å². The third-order valence-corrected chi connectivity index (χ3v) is 5.05. The molecule has 108 valence electrons. The Morgan fingerprint density at radius 3 is 3.00 bits per heavy atom. The van der Waals surface area contributed by atoms with Crippen molar-refractivity contribution < 1.29 is 4.92 Å². The van der Waals surface area contributed by atoms with Gasteiger partial charge in [0.15, 0.2) is 0 Å². The van der Waals surface area contributed by atoms with Crippen LogP contribution in [0.25, 0.3) is 0 Å². The second kappa shape index (κ2) is 5.79. The van der Waals surface area contributed by atoms with Crippen molar-refractivity contribution in [3.63, 3.8) is 0 Å². The van der Waals surface area contributed by atoms with Gasteiger partial charge in [0.05, 0.1) is 4.92 Å². The predicted molar refractivity (Wildman–Crippen MR) is 80.6 cm³/mol. The largest absolute Gasteiger partial charge is 0.312 e. The lowest BCUT2D eigenvalue weighted by Crippen LogP contribution is -2.40. The molecule has 0 amide bonds. The number of nitro groups is 1. The third-order valence-electron chi connectivity index (χ3n) is 4.32. The quantitative estimate of drug-likeness (QED) is 0.679. The number of piperidine rings is 1. The van der Waals surface area contributed by atoms with Crippen LogP contribution >= 0.6 is 15.9 Å². The number of halogens is 1. The van der Waals surface area contributed by atoms with E-state index in [1.54, 1.807) is 12.1 Å². The number of fused-ring (bicyclic) bond motifs is 1. The Morgan fingerprint density at radius 1 is 1.45 bits per heavy atom. The van der Waals surface area contributed by atoms with Crippen LogP contribution in [0.15, 0.2) is 22.7 Å². The first-order valence-electron chi connectivity index (χ1n) is 7.02. The van der Waals surface area contributed by atoms with Gasteiger partial charge in [0.2, 0.25) is 0 Å². The summed E-state index contributed by atoms with van der Waals surface area (Å²) in [6.45, 7) is 4.19. The molecular weight excluding hydrogens is 322 g/mol. The summed E-state index contributed by atoms with van der Waals surface area (Å²) in [6.07, 6.45) is 2.59. The van der Waals surface area contributed by atoms with E-state index in [0.717, 1.165) is 42.1 Å². The summed E-state index contributed by atoms with van der Waals surface area (Å²) >= 11 is 3.45. The molecule has 1 N–H and O–H groups in total. The zero-order valence-corrected chi connectivity index (χ0v) is 12.8. The average molecular weight is 340 g/mol. The summed E-state index contributed by atoms with van der Waals surface area (Å²) in [7, 11) is 0. The number of nitrogens with one attached hydrogen (secondary N) is 1. The predicted octanol–water partition coefficient (Wildman–Crippen LogP) is 2.54. The van der Waals surface area contributed by atoms with Gasteiger partial charge in [-0.05, 0) is 36.9 Å². The van der Waals surface area contributed by atoms with Crippen LogP contribution in [0, 0.1) is 16.0 Å². The van der Waals surface area contributed by atoms with Gasteiger partial charge in [-0.25, -0.2) is 0 Å². The maximum absolute atomic E-state index is 10.7. The van der Waals surface area contributed by atoms with Crippen molar-refractivity contribution in [2.24, 2.45) is 5.92 Å². The van der Waals surface area contributed by atoms with Gasteiger partial charge in [-0.15, -0.1) is 0 Å². The first-order valence-corrected chi connectivity index (χ1v) is 7.81. The Balaban J connectivity index is 1.68. The monoisotopic (exact) mass is 339 g/mol. The van der Waals surface area contributed by atoms with E-state index >= 15 is 0 Å². The minimum absolute atomic E-state index is 0.136. The highest BCUT2D eigenvalue weighted by Crippen LogP contribution is 2.29. The molecule has 2 aliphatic rings. The summed E-state index contributed by atoms with van der Waals surface area (Å²) in [5, 5.41) is 14.3. The Morgan fingerprint density at radius 2 is 2.30 bits per heavy atom. The smallest absolute Gasteiger partial charge is 0.270 e. The van der Waals surface area contributed by atoms with Gasteiger partial charge in [-0.2, -0.15) is 0 Å². The van der Waals surface area contributed by atoms with Gasteiger partial charge in [-0.1, -0.05) is 15.9 Å². The number of nitro benzene ring substituents is 1. The number of rotatable bonds is 3. The zero-order chi connectivity index (χ0) is 14.1. The molecule has 5 nitrogen and oxygen atoms in total. The molecule has 0 aliphatic carbocycles. The molecule has 0 unspecified atom stereocenters. The van der Waals surface area contributed by atoms with Crippen LogP contribution in [0.4, 0.5) is 5.69 Å². The van der Waals surface area contributed by atoms with E-state index in [-0.39, 0.29) is 10.6 Å². The number of benzene rings is 1. The van der Waals surface area contributed by atoms with Crippen LogP contribution in [-0.2, 0) is 6.54 Å². The lowest BCUT2D eigenvalue weighted by atomic mass is 9.94. The summed E-state index contributed by atoms with van der Waals surface area (Å²) in [5.74, 6) is 0.764. The highest BCUT2D eigenvalue weighted by Gasteiger charge is 2.34. The molecule has 0 bridgehead atoms. The van der Waals surface area contributed by atoms with Gasteiger partial charge in [0, 0.05) is 42.3 Å². The highest BCUT2D eigenvalue weighted by atomic mass is 79.9. The van der Waals surface area contributed by atoms with Gasteiger partial charge in [0.25, 0.3) is 5.69 Å². The molecule has 2 fully saturated rings. The van der Waals surface area contributed by atoms with Crippen molar-refractivity contribution in [3.05, 3.63) is 38.3 Å². The molecule has 0 saturated carbocycles. The summed E-state index contributed by atoms with van der Waals surface area (Å²) in [5.41, 5.74) is 1.26. The normalized spacial score (nSPS) is 26.4. The van der Waals surface area contributed by atoms with E-state index in [9.17, 15) is 10.1 Å². The second-order valence-corrected chi connectivity index (χ2v) is 6.54. The Kier molecular flexibility index (Phi) is 4.05. The molecule has 3 rings (SSSR count). The van der Waals surface area contributed by atoms with Gasteiger partial charge in [0.1, 0.15) is 0 Å². The maximum Gasteiger partial charge on any atom is 0.270 e. The van der Waals surface area contributed by atoms with Crippen molar-refractivity contribution in [1.29, 1.82) is 0 Å². The molecule has 1 aromatic carbocycles. The van der Waals surface area contributed by atoms with Gasteiger partial charge in [-0.3, -0.25) is 15.0 Å². The molecule has 2 atom stereocenters. The number of non-ortho nitro benzene ring substituents is 1.